The highest BCUT2D eigenvalue weighted by Gasteiger charge is 2.33. The molecule has 0 fully saturated rings. The average Bonchev–Trinajstić information content (AvgIpc) is 3.11. The molecule has 2 aromatic carbocycles. The summed E-state index contributed by atoms with van der Waals surface area (Å²) in [4.78, 5) is 31.8. The topological polar surface area (TPSA) is 60.7 Å². The van der Waals surface area contributed by atoms with Crippen LogP contribution < -0.4 is 14.9 Å². The van der Waals surface area contributed by atoms with Crippen LogP contribution in [0, 0.1) is 0 Å². The Kier molecular flexibility index (Phi) is 6.53. The number of thiazole rings is 1. The maximum atomic E-state index is 13.6. The second kappa shape index (κ2) is 9.39. The molecule has 2 heterocycles. The molecule has 174 valence electrons. The fourth-order valence-electron chi connectivity index (χ4n) is 3.98. The fraction of sp³-hybridized carbons (Fsp3) is 0.250. The highest BCUT2D eigenvalue weighted by Crippen LogP contribution is 2.30. The SMILES string of the molecule is C=CCOC(=O)C1=C(C)N=c2s/c(=C/c3ccc(C(C)(C)C)cc3)c(=O)n2[C@@H]1c1ccccc1. The van der Waals surface area contributed by atoms with E-state index in [0.29, 0.717) is 20.6 Å². The van der Waals surface area contributed by atoms with Gasteiger partial charge in [-0.1, -0.05) is 99.4 Å². The molecule has 1 aliphatic rings. The predicted octanol–water partition coefficient (Wildman–Crippen LogP) is 4.26. The van der Waals surface area contributed by atoms with Crippen LogP contribution in [0.3, 0.4) is 0 Å². The smallest absolute Gasteiger partial charge is 0.338 e. The third kappa shape index (κ3) is 4.59. The van der Waals surface area contributed by atoms with Crippen molar-refractivity contribution < 1.29 is 9.53 Å². The molecule has 34 heavy (non-hydrogen) atoms. The first-order chi connectivity index (χ1) is 16.2. The van der Waals surface area contributed by atoms with E-state index in [-0.39, 0.29) is 17.6 Å². The van der Waals surface area contributed by atoms with Crippen LogP contribution in [-0.4, -0.2) is 17.1 Å². The summed E-state index contributed by atoms with van der Waals surface area (Å²) in [7, 11) is 0. The number of allylic oxidation sites excluding steroid dienone is 1. The number of hydrogen-bond donors (Lipinski definition) is 0. The highest BCUT2D eigenvalue weighted by molar-refractivity contribution is 7.07. The average molecular weight is 473 g/mol. The first kappa shape index (κ1) is 23.6. The minimum absolute atomic E-state index is 0.0572. The lowest BCUT2D eigenvalue weighted by molar-refractivity contribution is -0.138. The zero-order valence-corrected chi connectivity index (χ0v) is 20.7. The Balaban J connectivity index is 1.86. The van der Waals surface area contributed by atoms with Crippen molar-refractivity contribution in [3.63, 3.8) is 0 Å². The third-order valence-electron chi connectivity index (χ3n) is 5.76. The molecule has 3 aromatic rings. The molecule has 0 saturated carbocycles. The minimum atomic E-state index is -0.611. The molecular weight excluding hydrogens is 444 g/mol. The van der Waals surface area contributed by atoms with Gasteiger partial charge in [-0.15, -0.1) is 0 Å². The minimum Gasteiger partial charge on any atom is -0.458 e. The number of benzene rings is 2. The summed E-state index contributed by atoms with van der Waals surface area (Å²) in [6.07, 6.45) is 3.40. The summed E-state index contributed by atoms with van der Waals surface area (Å²) in [6, 6.07) is 17.1. The van der Waals surface area contributed by atoms with Crippen LogP contribution in [0.2, 0.25) is 0 Å². The monoisotopic (exact) mass is 472 g/mol. The van der Waals surface area contributed by atoms with Crippen LogP contribution in [0.4, 0.5) is 0 Å². The summed E-state index contributed by atoms with van der Waals surface area (Å²) in [5.74, 6) is -0.498. The van der Waals surface area contributed by atoms with Crippen molar-refractivity contribution in [3.05, 3.63) is 115 Å². The number of carbonyl (C=O) groups is 1. The van der Waals surface area contributed by atoms with Crippen LogP contribution in [-0.2, 0) is 14.9 Å². The van der Waals surface area contributed by atoms with E-state index in [1.807, 2.05) is 48.5 Å². The number of carbonyl (C=O) groups excluding carboxylic acids is 1. The molecule has 0 unspecified atom stereocenters. The maximum absolute atomic E-state index is 13.6. The quantitative estimate of drug-likeness (QED) is 0.412. The van der Waals surface area contributed by atoms with Crippen LogP contribution >= 0.6 is 11.3 Å². The van der Waals surface area contributed by atoms with Crippen molar-refractivity contribution in [1.29, 1.82) is 0 Å². The molecule has 0 saturated heterocycles. The molecule has 4 rings (SSSR count). The Morgan fingerprint density at radius 2 is 1.82 bits per heavy atom. The Morgan fingerprint density at radius 3 is 2.44 bits per heavy atom. The molecular formula is C28H28N2O3S. The van der Waals surface area contributed by atoms with Crippen molar-refractivity contribution >= 4 is 23.4 Å². The van der Waals surface area contributed by atoms with Crippen molar-refractivity contribution in [2.75, 3.05) is 6.61 Å². The van der Waals surface area contributed by atoms with Gasteiger partial charge in [-0.25, -0.2) is 9.79 Å². The van der Waals surface area contributed by atoms with E-state index in [0.717, 1.165) is 11.1 Å². The van der Waals surface area contributed by atoms with E-state index >= 15 is 0 Å². The first-order valence-corrected chi connectivity index (χ1v) is 12.0. The van der Waals surface area contributed by atoms with Gasteiger partial charge in [0.1, 0.15) is 6.61 Å². The number of esters is 1. The zero-order chi connectivity index (χ0) is 24.5. The number of nitrogens with zero attached hydrogens (tertiary/aromatic N) is 2. The van der Waals surface area contributed by atoms with Gasteiger partial charge in [-0.3, -0.25) is 9.36 Å². The van der Waals surface area contributed by atoms with E-state index in [9.17, 15) is 9.59 Å². The van der Waals surface area contributed by atoms with Gasteiger partial charge in [-0.2, -0.15) is 0 Å². The lowest BCUT2D eigenvalue weighted by Crippen LogP contribution is -2.39. The van der Waals surface area contributed by atoms with Crippen LogP contribution in [0.5, 0.6) is 0 Å². The van der Waals surface area contributed by atoms with Crippen molar-refractivity contribution in [3.8, 4) is 0 Å². The summed E-state index contributed by atoms with van der Waals surface area (Å²) in [6.45, 7) is 12.0. The van der Waals surface area contributed by atoms with E-state index in [2.05, 4.69) is 44.5 Å². The Labute approximate surface area is 203 Å². The molecule has 1 atom stereocenters. The maximum Gasteiger partial charge on any atom is 0.338 e. The predicted molar refractivity (Wildman–Crippen MR) is 137 cm³/mol. The van der Waals surface area contributed by atoms with Gasteiger partial charge < -0.3 is 4.74 Å². The Hall–Kier alpha value is -3.51. The molecule has 0 spiro atoms. The van der Waals surface area contributed by atoms with Gasteiger partial charge in [0.05, 0.1) is 21.8 Å². The van der Waals surface area contributed by atoms with Gasteiger partial charge in [0.15, 0.2) is 4.80 Å². The van der Waals surface area contributed by atoms with Crippen molar-refractivity contribution in [2.45, 2.75) is 39.2 Å². The molecule has 1 aliphatic heterocycles. The summed E-state index contributed by atoms with van der Waals surface area (Å²) in [5, 5.41) is 0. The van der Waals surface area contributed by atoms with E-state index in [1.165, 1.54) is 23.0 Å². The number of fused-ring (bicyclic) bond motifs is 1. The fourth-order valence-corrected chi connectivity index (χ4v) is 5.02. The van der Waals surface area contributed by atoms with Crippen molar-refractivity contribution in [2.24, 2.45) is 4.99 Å². The Morgan fingerprint density at radius 1 is 1.15 bits per heavy atom. The van der Waals surface area contributed by atoms with Gasteiger partial charge >= 0.3 is 5.97 Å². The number of hydrogen-bond acceptors (Lipinski definition) is 5. The summed E-state index contributed by atoms with van der Waals surface area (Å²) < 4.78 is 7.52. The molecule has 0 bridgehead atoms. The van der Waals surface area contributed by atoms with Crippen molar-refractivity contribution in [1.82, 2.24) is 4.57 Å². The second-order valence-electron chi connectivity index (χ2n) is 9.25. The standard InChI is InChI=1S/C28H28N2O3S/c1-6-16-33-26(32)23-18(2)29-27-30(24(23)20-10-8-7-9-11-20)25(31)22(34-27)17-19-12-14-21(15-13-19)28(3,4)5/h6-15,17,24H,1,16H2,2-5H3/b22-17+/t24-/m1/s1. The van der Waals surface area contributed by atoms with Gasteiger partial charge in [0, 0.05) is 0 Å². The molecule has 1 aromatic heterocycles. The normalized spacial score (nSPS) is 16.1. The van der Waals surface area contributed by atoms with E-state index in [1.54, 1.807) is 11.5 Å². The summed E-state index contributed by atoms with van der Waals surface area (Å²) in [5.41, 5.74) is 3.78. The zero-order valence-electron chi connectivity index (χ0n) is 19.9. The molecule has 0 radical (unpaired) electrons. The Bertz CT molecular complexity index is 1440. The highest BCUT2D eigenvalue weighted by atomic mass is 32.1. The largest absolute Gasteiger partial charge is 0.458 e. The van der Waals surface area contributed by atoms with Gasteiger partial charge in [0.2, 0.25) is 0 Å². The van der Waals surface area contributed by atoms with Crippen LogP contribution in [0.1, 0.15) is 50.4 Å². The van der Waals surface area contributed by atoms with E-state index < -0.39 is 12.0 Å². The summed E-state index contributed by atoms with van der Waals surface area (Å²) >= 11 is 1.33. The van der Waals surface area contributed by atoms with Crippen LogP contribution in [0.25, 0.3) is 6.08 Å². The lowest BCUT2D eigenvalue weighted by atomic mass is 9.87. The first-order valence-electron chi connectivity index (χ1n) is 11.2. The molecule has 0 aliphatic carbocycles. The lowest BCUT2D eigenvalue weighted by Gasteiger charge is -2.24. The number of ether oxygens (including phenoxy) is 1. The molecule has 0 N–H and O–H groups in total. The molecule has 0 amide bonds. The van der Waals surface area contributed by atoms with Gasteiger partial charge in [0.25, 0.3) is 5.56 Å². The van der Waals surface area contributed by atoms with Gasteiger partial charge in [-0.05, 0) is 35.1 Å². The molecule has 5 nitrogen and oxygen atoms in total. The molecule has 6 heteroatoms. The third-order valence-corrected chi connectivity index (χ3v) is 6.75. The van der Waals surface area contributed by atoms with Crippen LogP contribution in [0.15, 0.2) is 88.3 Å². The number of rotatable bonds is 5. The second-order valence-corrected chi connectivity index (χ2v) is 10.3. The number of aromatic nitrogens is 1. The van der Waals surface area contributed by atoms with E-state index in [4.69, 9.17) is 4.74 Å².